The summed E-state index contributed by atoms with van der Waals surface area (Å²) in [6.45, 7) is 2.84. The van der Waals surface area contributed by atoms with E-state index in [0.717, 1.165) is 42.2 Å². The van der Waals surface area contributed by atoms with Crippen molar-refractivity contribution in [2.75, 3.05) is 6.61 Å². The van der Waals surface area contributed by atoms with Gasteiger partial charge in [0.25, 0.3) is 0 Å². The van der Waals surface area contributed by atoms with Crippen LogP contribution in [0.2, 0.25) is 5.15 Å². The van der Waals surface area contributed by atoms with E-state index in [1.54, 1.807) is 16.8 Å². The molecule has 1 atom stereocenters. The molecule has 1 fully saturated rings. The second-order valence-electron chi connectivity index (χ2n) is 5.51. The summed E-state index contributed by atoms with van der Waals surface area (Å²) >= 11 is 5.99. The summed E-state index contributed by atoms with van der Waals surface area (Å²) in [6.07, 6.45) is 5.09. The molecular formula is C15H16ClN5O. The van der Waals surface area contributed by atoms with E-state index in [9.17, 15) is 0 Å². The summed E-state index contributed by atoms with van der Waals surface area (Å²) in [5.74, 6) is 0. The van der Waals surface area contributed by atoms with Gasteiger partial charge in [-0.05, 0) is 44.4 Å². The molecule has 1 aliphatic heterocycles. The minimum Gasteiger partial charge on any atom is -0.357 e. The Bertz CT molecular complexity index is 819. The lowest BCUT2D eigenvalue weighted by atomic mass is 10.2. The molecular weight excluding hydrogens is 302 g/mol. The number of halogens is 1. The van der Waals surface area contributed by atoms with Crippen LogP contribution in [0.1, 0.15) is 31.2 Å². The van der Waals surface area contributed by atoms with Crippen molar-refractivity contribution in [1.29, 1.82) is 0 Å². The molecule has 22 heavy (non-hydrogen) atoms. The van der Waals surface area contributed by atoms with Crippen molar-refractivity contribution in [3.8, 4) is 11.4 Å². The number of nitrogens with zero attached hydrogens (tertiary/aromatic N) is 5. The van der Waals surface area contributed by atoms with E-state index < -0.39 is 0 Å². The Morgan fingerprint density at radius 1 is 1.27 bits per heavy atom. The van der Waals surface area contributed by atoms with Gasteiger partial charge in [-0.2, -0.15) is 10.2 Å². The van der Waals surface area contributed by atoms with Crippen molar-refractivity contribution < 1.29 is 4.74 Å². The third-order valence-electron chi connectivity index (χ3n) is 3.94. The first-order valence-electron chi connectivity index (χ1n) is 7.41. The van der Waals surface area contributed by atoms with Gasteiger partial charge in [-0.3, -0.25) is 0 Å². The Morgan fingerprint density at radius 3 is 3.00 bits per heavy atom. The highest BCUT2D eigenvalue weighted by Gasteiger charge is 2.20. The molecule has 6 nitrogen and oxygen atoms in total. The van der Waals surface area contributed by atoms with Gasteiger partial charge < -0.3 is 4.74 Å². The Labute approximate surface area is 132 Å². The van der Waals surface area contributed by atoms with Crippen LogP contribution in [-0.2, 0) is 4.74 Å². The van der Waals surface area contributed by atoms with E-state index in [1.807, 2.05) is 23.7 Å². The summed E-state index contributed by atoms with van der Waals surface area (Å²) < 4.78 is 9.50. The Hall–Kier alpha value is -1.92. The lowest BCUT2D eigenvalue weighted by Gasteiger charge is -2.23. The molecule has 1 unspecified atom stereocenters. The molecule has 0 saturated carbocycles. The summed E-state index contributed by atoms with van der Waals surface area (Å²) in [7, 11) is 0. The minimum atomic E-state index is 0.0261. The number of rotatable bonds is 2. The van der Waals surface area contributed by atoms with E-state index in [0.29, 0.717) is 5.15 Å². The minimum absolute atomic E-state index is 0.0261. The van der Waals surface area contributed by atoms with Crippen molar-refractivity contribution in [2.24, 2.45) is 0 Å². The van der Waals surface area contributed by atoms with E-state index in [1.165, 1.54) is 6.42 Å². The van der Waals surface area contributed by atoms with Crippen LogP contribution >= 0.6 is 11.6 Å². The number of aryl methyl sites for hydroxylation is 1. The third kappa shape index (κ3) is 2.28. The zero-order chi connectivity index (χ0) is 15.1. The zero-order valence-electron chi connectivity index (χ0n) is 12.2. The van der Waals surface area contributed by atoms with Crippen molar-refractivity contribution in [3.63, 3.8) is 0 Å². The molecule has 0 aromatic carbocycles. The lowest BCUT2D eigenvalue weighted by molar-refractivity contribution is -0.0405. The van der Waals surface area contributed by atoms with Gasteiger partial charge in [0.2, 0.25) is 0 Å². The number of ether oxygens (including phenoxy) is 1. The summed E-state index contributed by atoms with van der Waals surface area (Å²) in [5.41, 5.74) is 3.48. The van der Waals surface area contributed by atoms with E-state index in [-0.39, 0.29) is 6.23 Å². The molecule has 0 radical (unpaired) electrons. The predicted molar refractivity (Wildman–Crippen MR) is 82.8 cm³/mol. The Kier molecular flexibility index (Phi) is 3.35. The van der Waals surface area contributed by atoms with Gasteiger partial charge in [0, 0.05) is 12.3 Å². The van der Waals surface area contributed by atoms with Gasteiger partial charge in [-0.25, -0.2) is 14.2 Å². The van der Waals surface area contributed by atoms with Crippen LogP contribution in [-0.4, -0.2) is 31.0 Å². The Balaban J connectivity index is 1.77. The Morgan fingerprint density at radius 2 is 2.18 bits per heavy atom. The topological polar surface area (TPSA) is 57.2 Å². The van der Waals surface area contributed by atoms with Gasteiger partial charge in [0.15, 0.2) is 5.65 Å². The molecule has 114 valence electrons. The van der Waals surface area contributed by atoms with Crippen molar-refractivity contribution in [3.05, 3.63) is 35.2 Å². The quantitative estimate of drug-likeness (QED) is 0.728. The predicted octanol–water partition coefficient (Wildman–Crippen LogP) is 3.25. The number of aromatic nitrogens is 5. The lowest BCUT2D eigenvalue weighted by Crippen LogP contribution is -2.20. The highest BCUT2D eigenvalue weighted by Crippen LogP contribution is 2.27. The summed E-state index contributed by atoms with van der Waals surface area (Å²) in [5, 5.41) is 9.44. The third-order valence-corrected chi connectivity index (χ3v) is 4.14. The van der Waals surface area contributed by atoms with E-state index in [2.05, 4.69) is 10.1 Å². The molecule has 3 aromatic heterocycles. The van der Waals surface area contributed by atoms with Crippen LogP contribution in [0.15, 0.2) is 24.4 Å². The summed E-state index contributed by atoms with van der Waals surface area (Å²) in [6, 6.07) is 5.60. The first kappa shape index (κ1) is 13.7. The van der Waals surface area contributed by atoms with Crippen LogP contribution in [0.4, 0.5) is 0 Å². The molecule has 0 amide bonds. The largest absolute Gasteiger partial charge is 0.357 e. The molecule has 1 aliphatic rings. The average molecular weight is 318 g/mol. The molecule has 0 N–H and O–H groups in total. The monoisotopic (exact) mass is 317 g/mol. The maximum Gasteiger partial charge on any atom is 0.154 e. The van der Waals surface area contributed by atoms with Crippen molar-refractivity contribution >= 4 is 17.2 Å². The SMILES string of the molecule is Cc1cc(-c2cnc3ccc(Cl)nn23)nn1C1CCCCO1. The van der Waals surface area contributed by atoms with Gasteiger partial charge in [-0.1, -0.05) is 11.6 Å². The average Bonchev–Trinajstić information content (AvgIpc) is 3.11. The number of hydrogen-bond donors (Lipinski definition) is 0. The normalized spacial score (nSPS) is 18.9. The summed E-state index contributed by atoms with van der Waals surface area (Å²) in [4.78, 5) is 4.35. The zero-order valence-corrected chi connectivity index (χ0v) is 13.0. The fourth-order valence-corrected chi connectivity index (χ4v) is 2.99. The smallest absolute Gasteiger partial charge is 0.154 e. The van der Waals surface area contributed by atoms with E-state index in [4.69, 9.17) is 21.4 Å². The number of imidazole rings is 1. The first-order chi connectivity index (χ1) is 10.7. The van der Waals surface area contributed by atoms with Gasteiger partial charge in [0.1, 0.15) is 22.8 Å². The molecule has 3 aromatic rings. The van der Waals surface area contributed by atoms with Crippen LogP contribution < -0.4 is 0 Å². The standard InChI is InChI=1S/C15H16ClN5O/c1-10-8-11(18-20(10)15-4-2-3-7-22-15)12-9-17-14-6-5-13(16)19-21(12)14/h5-6,8-9,15H,2-4,7H2,1H3. The van der Waals surface area contributed by atoms with Gasteiger partial charge in [0.05, 0.1) is 6.20 Å². The number of fused-ring (bicyclic) bond motifs is 1. The fraction of sp³-hybridized carbons (Fsp3) is 0.400. The first-order valence-corrected chi connectivity index (χ1v) is 7.78. The fourth-order valence-electron chi connectivity index (χ4n) is 2.85. The second-order valence-corrected chi connectivity index (χ2v) is 5.89. The molecule has 7 heteroatoms. The van der Waals surface area contributed by atoms with Gasteiger partial charge >= 0.3 is 0 Å². The molecule has 0 aliphatic carbocycles. The number of hydrogen-bond acceptors (Lipinski definition) is 4. The second kappa shape index (κ2) is 5.37. The maximum absolute atomic E-state index is 5.99. The van der Waals surface area contributed by atoms with Gasteiger partial charge in [-0.15, -0.1) is 0 Å². The highest BCUT2D eigenvalue weighted by atomic mass is 35.5. The van der Waals surface area contributed by atoms with Crippen LogP contribution in [0.5, 0.6) is 0 Å². The van der Waals surface area contributed by atoms with Crippen LogP contribution in [0.3, 0.4) is 0 Å². The highest BCUT2D eigenvalue weighted by molar-refractivity contribution is 6.29. The van der Waals surface area contributed by atoms with Crippen molar-refractivity contribution in [1.82, 2.24) is 24.4 Å². The molecule has 0 bridgehead atoms. The maximum atomic E-state index is 5.99. The molecule has 0 spiro atoms. The molecule has 4 rings (SSSR count). The van der Waals surface area contributed by atoms with E-state index >= 15 is 0 Å². The van der Waals surface area contributed by atoms with Crippen molar-refractivity contribution in [2.45, 2.75) is 32.4 Å². The molecule has 4 heterocycles. The molecule has 1 saturated heterocycles. The van der Waals surface area contributed by atoms with Crippen LogP contribution in [0, 0.1) is 6.92 Å². The van der Waals surface area contributed by atoms with Crippen LogP contribution in [0.25, 0.3) is 17.0 Å².